The van der Waals surface area contributed by atoms with Crippen LogP contribution in [-0.4, -0.2) is 48.4 Å². The third kappa shape index (κ3) is 3.51. The maximum atomic E-state index is 12.8. The van der Waals surface area contributed by atoms with E-state index in [0.717, 1.165) is 0 Å². The Morgan fingerprint density at radius 1 is 1.20 bits per heavy atom. The lowest BCUT2D eigenvalue weighted by Crippen LogP contribution is -2.47. The van der Waals surface area contributed by atoms with Crippen molar-refractivity contribution >= 4 is 23.4 Å². The van der Waals surface area contributed by atoms with Crippen LogP contribution in [0.1, 0.15) is 26.2 Å². The smallest absolute Gasteiger partial charge is 0.251 e. The van der Waals surface area contributed by atoms with Crippen molar-refractivity contribution in [3.63, 3.8) is 0 Å². The van der Waals surface area contributed by atoms with Crippen LogP contribution in [-0.2, 0) is 14.4 Å². The molecular formula is C18H23N3O4. The van der Waals surface area contributed by atoms with Gasteiger partial charge in [-0.3, -0.25) is 19.3 Å². The lowest BCUT2D eigenvalue weighted by Gasteiger charge is -2.33. The molecule has 2 heterocycles. The van der Waals surface area contributed by atoms with Crippen LogP contribution in [0, 0.1) is 5.92 Å². The predicted molar refractivity (Wildman–Crippen MR) is 92.0 cm³/mol. The number of likely N-dealkylation sites (tertiary alicyclic amines) is 1. The number of nitrogens with two attached hydrogens (primary N) is 1. The van der Waals surface area contributed by atoms with Crippen LogP contribution < -0.4 is 15.4 Å². The zero-order valence-corrected chi connectivity index (χ0v) is 14.3. The van der Waals surface area contributed by atoms with Gasteiger partial charge < -0.3 is 10.5 Å². The number of hydrogen-bond donors (Lipinski definition) is 1. The molecule has 0 aromatic heterocycles. The molecule has 0 saturated carbocycles. The first-order valence-corrected chi connectivity index (χ1v) is 8.64. The largest absolute Gasteiger partial charge is 0.494 e. The molecule has 25 heavy (non-hydrogen) atoms. The van der Waals surface area contributed by atoms with Crippen LogP contribution in [0.2, 0.25) is 0 Å². The molecule has 2 saturated heterocycles. The third-order valence-corrected chi connectivity index (χ3v) is 4.90. The minimum Gasteiger partial charge on any atom is -0.494 e. The van der Waals surface area contributed by atoms with Crippen molar-refractivity contribution in [2.24, 2.45) is 11.7 Å². The average Bonchev–Trinajstić information content (AvgIpc) is 2.91. The van der Waals surface area contributed by atoms with Gasteiger partial charge in [-0.1, -0.05) is 0 Å². The van der Waals surface area contributed by atoms with Gasteiger partial charge in [0.1, 0.15) is 5.75 Å². The fourth-order valence-electron chi connectivity index (χ4n) is 3.53. The zero-order valence-electron chi connectivity index (χ0n) is 14.3. The van der Waals surface area contributed by atoms with Crippen molar-refractivity contribution < 1.29 is 19.1 Å². The molecular weight excluding hydrogens is 322 g/mol. The van der Waals surface area contributed by atoms with Gasteiger partial charge in [0.05, 0.1) is 24.8 Å². The van der Waals surface area contributed by atoms with E-state index < -0.39 is 6.04 Å². The van der Waals surface area contributed by atoms with Gasteiger partial charge in [-0.05, 0) is 57.1 Å². The summed E-state index contributed by atoms with van der Waals surface area (Å²) in [6.45, 7) is 3.67. The van der Waals surface area contributed by atoms with Crippen molar-refractivity contribution in [2.45, 2.75) is 32.2 Å². The summed E-state index contributed by atoms with van der Waals surface area (Å²) in [4.78, 5) is 39.7. The number of piperidine rings is 1. The van der Waals surface area contributed by atoms with Crippen molar-refractivity contribution in [1.82, 2.24) is 4.90 Å². The second kappa shape index (κ2) is 7.23. The van der Waals surface area contributed by atoms with Gasteiger partial charge in [0.15, 0.2) is 0 Å². The Labute approximate surface area is 146 Å². The van der Waals surface area contributed by atoms with E-state index in [1.807, 2.05) is 11.8 Å². The number of nitrogens with zero attached hydrogens (tertiary/aromatic N) is 2. The molecule has 1 aromatic carbocycles. The summed E-state index contributed by atoms with van der Waals surface area (Å²) in [6.07, 6.45) is 1.44. The number of anilines is 1. The predicted octanol–water partition coefficient (Wildman–Crippen LogP) is 0.914. The summed E-state index contributed by atoms with van der Waals surface area (Å²) in [5, 5.41) is 0. The average molecular weight is 345 g/mol. The van der Waals surface area contributed by atoms with Crippen molar-refractivity contribution in [3.8, 4) is 5.75 Å². The SMILES string of the molecule is CCOc1ccc(N2C(=O)C[C@@H](N3CCC(C(N)=O)CC3)C2=O)cc1. The summed E-state index contributed by atoms with van der Waals surface area (Å²) < 4.78 is 5.39. The number of rotatable bonds is 5. The highest BCUT2D eigenvalue weighted by molar-refractivity contribution is 6.22. The standard InChI is InChI=1S/C18H23N3O4/c1-2-25-14-5-3-13(4-6-14)21-16(22)11-15(18(21)24)20-9-7-12(8-10-20)17(19)23/h3-6,12,15H,2,7-11H2,1H3,(H2,19,23)/t15-/m1/s1. The maximum Gasteiger partial charge on any atom is 0.251 e. The van der Waals surface area contributed by atoms with Gasteiger partial charge in [0, 0.05) is 5.92 Å². The van der Waals surface area contributed by atoms with Crippen molar-refractivity contribution in [1.29, 1.82) is 0 Å². The number of carbonyl (C=O) groups excluding carboxylic acids is 3. The maximum absolute atomic E-state index is 12.8. The fourth-order valence-corrected chi connectivity index (χ4v) is 3.53. The topological polar surface area (TPSA) is 92.9 Å². The summed E-state index contributed by atoms with van der Waals surface area (Å²) in [7, 11) is 0. The summed E-state index contributed by atoms with van der Waals surface area (Å²) >= 11 is 0. The second-order valence-electron chi connectivity index (χ2n) is 6.43. The number of hydrogen-bond acceptors (Lipinski definition) is 5. The van der Waals surface area contributed by atoms with Gasteiger partial charge in [-0.25, -0.2) is 4.90 Å². The molecule has 0 spiro atoms. The van der Waals surface area contributed by atoms with Crippen molar-refractivity contribution in [2.75, 3.05) is 24.6 Å². The zero-order chi connectivity index (χ0) is 18.0. The highest BCUT2D eigenvalue weighted by atomic mass is 16.5. The molecule has 3 amide bonds. The number of amides is 3. The molecule has 2 N–H and O–H groups in total. The Hall–Kier alpha value is -2.41. The summed E-state index contributed by atoms with van der Waals surface area (Å²) in [5.41, 5.74) is 5.91. The molecule has 2 aliphatic rings. The first kappa shape index (κ1) is 17.4. The third-order valence-electron chi connectivity index (χ3n) is 4.90. The molecule has 0 bridgehead atoms. The fraction of sp³-hybridized carbons (Fsp3) is 0.500. The molecule has 2 aliphatic heterocycles. The highest BCUT2D eigenvalue weighted by Gasteiger charge is 2.43. The normalized spacial score (nSPS) is 22.4. The number of carbonyl (C=O) groups is 3. The molecule has 0 unspecified atom stereocenters. The lowest BCUT2D eigenvalue weighted by molar-refractivity contribution is -0.124. The molecule has 7 heteroatoms. The van der Waals surface area contributed by atoms with Crippen LogP contribution in [0.4, 0.5) is 5.69 Å². The Morgan fingerprint density at radius 2 is 1.84 bits per heavy atom. The van der Waals surface area contributed by atoms with Crippen LogP contribution in [0.3, 0.4) is 0 Å². The van der Waals surface area contributed by atoms with Gasteiger partial charge in [-0.2, -0.15) is 0 Å². The molecule has 0 aliphatic carbocycles. The molecule has 1 atom stereocenters. The lowest BCUT2D eigenvalue weighted by atomic mass is 9.95. The molecule has 0 radical (unpaired) electrons. The van der Waals surface area contributed by atoms with Crippen LogP contribution >= 0.6 is 0 Å². The molecule has 1 aromatic rings. The van der Waals surface area contributed by atoms with Gasteiger partial charge in [0.25, 0.3) is 5.91 Å². The molecule has 3 rings (SSSR count). The molecule has 134 valence electrons. The van der Waals surface area contributed by atoms with Crippen molar-refractivity contribution in [3.05, 3.63) is 24.3 Å². The number of imide groups is 1. The Morgan fingerprint density at radius 3 is 2.40 bits per heavy atom. The number of ether oxygens (including phenoxy) is 1. The highest BCUT2D eigenvalue weighted by Crippen LogP contribution is 2.29. The molecule has 7 nitrogen and oxygen atoms in total. The minimum absolute atomic E-state index is 0.134. The summed E-state index contributed by atoms with van der Waals surface area (Å²) in [5.74, 6) is -0.117. The van der Waals surface area contributed by atoms with E-state index in [4.69, 9.17) is 10.5 Å². The van der Waals surface area contributed by atoms with Crippen LogP contribution in [0.5, 0.6) is 5.75 Å². The quantitative estimate of drug-likeness (QED) is 0.801. The van der Waals surface area contributed by atoms with Crippen LogP contribution in [0.15, 0.2) is 24.3 Å². The van der Waals surface area contributed by atoms with E-state index in [0.29, 0.717) is 44.0 Å². The van der Waals surface area contributed by atoms with E-state index in [2.05, 4.69) is 0 Å². The van der Waals surface area contributed by atoms with Gasteiger partial charge in [-0.15, -0.1) is 0 Å². The van der Waals surface area contributed by atoms with E-state index in [1.165, 1.54) is 4.90 Å². The van der Waals surface area contributed by atoms with E-state index >= 15 is 0 Å². The van der Waals surface area contributed by atoms with E-state index in [9.17, 15) is 14.4 Å². The number of benzene rings is 1. The minimum atomic E-state index is -0.451. The first-order chi connectivity index (χ1) is 12.0. The van der Waals surface area contributed by atoms with E-state index in [-0.39, 0.29) is 30.1 Å². The molecule has 2 fully saturated rings. The Balaban J connectivity index is 1.69. The number of primary amides is 1. The monoisotopic (exact) mass is 345 g/mol. The Kier molecular flexibility index (Phi) is 5.03. The Bertz CT molecular complexity index is 665. The van der Waals surface area contributed by atoms with E-state index in [1.54, 1.807) is 24.3 Å². The van der Waals surface area contributed by atoms with Crippen LogP contribution in [0.25, 0.3) is 0 Å². The second-order valence-corrected chi connectivity index (χ2v) is 6.43. The summed E-state index contributed by atoms with van der Waals surface area (Å²) in [6, 6.07) is 6.51. The van der Waals surface area contributed by atoms with Gasteiger partial charge >= 0.3 is 0 Å². The first-order valence-electron chi connectivity index (χ1n) is 8.64. The van der Waals surface area contributed by atoms with Gasteiger partial charge in [0.2, 0.25) is 11.8 Å².